The summed E-state index contributed by atoms with van der Waals surface area (Å²) in [5.74, 6) is 0.260. The first-order valence-electron chi connectivity index (χ1n) is 9.87. The van der Waals surface area contributed by atoms with Crippen LogP contribution in [-0.2, 0) is 6.54 Å². The summed E-state index contributed by atoms with van der Waals surface area (Å²) in [6, 6.07) is 12.2. The molecule has 0 spiro atoms. The number of nitrogens with zero attached hydrogens (tertiary/aromatic N) is 3. The molecule has 4 rings (SSSR count). The number of hydrogen-bond acceptors (Lipinski definition) is 5. The van der Waals surface area contributed by atoms with Gasteiger partial charge in [-0.15, -0.1) is 0 Å². The van der Waals surface area contributed by atoms with Crippen LogP contribution in [0.4, 0.5) is 10.3 Å². The molecule has 30 heavy (non-hydrogen) atoms. The van der Waals surface area contributed by atoms with Gasteiger partial charge in [0.15, 0.2) is 0 Å². The average molecular weight is 426 g/mol. The van der Waals surface area contributed by atoms with E-state index in [4.69, 9.17) is 16.6 Å². The van der Waals surface area contributed by atoms with Gasteiger partial charge in [0.2, 0.25) is 5.95 Å². The van der Waals surface area contributed by atoms with Crippen LogP contribution in [0.2, 0.25) is 5.02 Å². The number of aliphatic imine (C=N–C) groups is 1. The Balaban J connectivity index is 0.000000806. The molecule has 0 bridgehead atoms. The lowest BCUT2D eigenvalue weighted by atomic mass is 9.95. The first-order chi connectivity index (χ1) is 14.6. The Morgan fingerprint density at radius 3 is 2.57 bits per heavy atom. The molecule has 0 saturated carbocycles. The monoisotopic (exact) mass is 425 g/mol. The van der Waals surface area contributed by atoms with Crippen LogP contribution in [0.1, 0.15) is 30.0 Å². The summed E-state index contributed by atoms with van der Waals surface area (Å²) >= 11 is 6.26. The SMILES string of the molecule is CCCNc1ncc2c(n1)-c1ccc(Cl)cc1C(c1ccccc1F)=NC2.CNC. The van der Waals surface area contributed by atoms with Crippen molar-refractivity contribution >= 4 is 23.3 Å². The van der Waals surface area contributed by atoms with Crippen molar-refractivity contribution in [2.75, 3.05) is 26.0 Å². The molecule has 7 heteroatoms. The summed E-state index contributed by atoms with van der Waals surface area (Å²) in [7, 11) is 3.75. The topological polar surface area (TPSA) is 62.2 Å². The maximum atomic E-state index is 14.5. The van der Waals surface area contributed by atoms with E-state index >= 15 is 0 Å². The van der Waals surface area contributed by atoms with Gasteiger partial charge in [-0.1, -0.05) is 36.7 Å². The van der Waals surface area contributed by atoms with Gasteiger partial charge in [0.05, 0.1) is 18.0 Å². The number of nitrogens with one attached hydrogen (secondary N) is 2. The van der Waals surface area contributed by atoms with E-state index in [9.17, 15) is 4.39 Å². The zero-order valence-corrected chi connectivity index (χ0v) is 18.1. The number of fused-ring (bicyclic) bond motifs is 3. The predicted octanol–water partition coefficient (Wildman–Crippen LogP) is 4.94. The normalized spacial score (nSPS) is 12.0. The molecule has 0 fully saturated rings. The third-order valence-corrected chi connectivity index (χ3v) is 4.66. The number of aromatic nitrogens is 2. The Morgan fingerprint density at radius 2 is 1.83 bits per heavy atom. The van der Waals surface area contributed by atoms with Gasteiger partial charge in [-0.25, -0.2) is 14.4 Å². The molecule has 0 radical (unpaired) electrons. The lowest BCUT2D eigenvalue weighted by Gasteiger charge is -2.13. The van der Waals surface area contributed by atoms with Crippen LogP contribution in [0.15, 0.2) is 53.7 Å². The van der Waals surface area contributed by atoms with Crippen molar-refractivity contribution in [2.24, 2.45) is 4.99 Å². The third-order valence-electron chi connectivity index (χ3n) is 4.43. The summed E-state index contributed by atoms with van der Waals surface area (Å²) < 4.78 is 14.5. The number of halogens is 2. The van der Waals surface area contributed by atoms with Gasteiger partial charge in [-0.2, -0.15) is 0 Å². The fourth-order valence-electron chi connectivity index (χ4n) is 3.13. The lowest BCUT2D eigenvalue weighted by Crippen LogP contribution is -2.08. The van der Waals surface area contributed by atoms with Gasteiger partial charge in [0, 0.05) is 40.0 Å². The quantitative estimate of drug-likeness (QED) is 0.621. The van der Waals surface area contributed by atoms with E-state index in [2.05, 4.69) is 27.5 Å². The number of hydrogen-bond donors (Lipinski definition) is 2. The minimum absolute atomic E-state index is 0.315. The highest BCUT2D eigenvalue weighted by molar-refractivity contribution is 6.31. The van der Waals surface area contributed by atoms with Gasteiger partial charge < -0.3 is 10.6 Å². The maximum Gasteiger partial charge on any atom is 0.223 e. The molecule has 0 aliphatic carbocycles. The van der Waals surface area contributed by atoms with E-state index in [0.717, 1.165) is 35.3 Å². The highest BCUT2D eigenvalue weighted by Crippen LogP contribution is 2.33. The minimum Gasteiger partial charge on any atom is -0.354 e. The molecule has 3 aromatic rings. The van der Waals surface area contributed by atoms with Crippen molar-refractivity contribution in [3.63, 3.8) is 0 Å². The minimum atomic E-state index is -0.315. The van der Waals surface area contributed by atoms with Crippen LogP contribution in [0, 0.1) is 5.82 Å². The summed E-state index contributed by atoms with van der Waals surface area (Å²) in [5, 5.41) is 6.53. The third kappa shape index (κ3) is 4.83. The molecule has 0 atom stereocenters. The molecule has 2 heterocycles. The smallest absolute Gasteiger partial charge is 0.223 e. The standard InChI is InChI=1S/C21H18ClFN4.C2H7N/c1-2-9-24-21-26-12-13-11-25-20(16-5-3-4-6-18(16)23)17-10-14(22)7-8-15(17)19(13)27-21;1-3-2/h3-8,10,12H,2,9,11H2,1H3,(H,24,26,27);3H,1-2H3. The Bertz CT molecular complexity index is 1050. The average Bonchev–Trinajstić information content (AvgIpc) is 2.89. The first-order valence-corrected chi connectivity index (χ1v) is 10.2. The summed E-state index contributed by atoms with van der Waals surface area (Å²) in [4.78, 5) is 13.8. The molecule has 1 aliphatic rings. The van der Waals surface area contributed by atoms with Crippen LogP contribution < -0.4 is 10.6 Å². The fraction of sp³-hybridized carbons (Fsp3) is 0.261. The Morgan fingerprint density at radius 1 is 1.07 bits per heavy atom. The molecule has 1 aliphatic heterocycles. The molecule has 2 N–H and O–H groups in total. The second kappa shape index (κ2) is 10.3. The molecule has 1 aromatic heterocycles. The fourth-order valence-corrected chi connectivity index (χ4v) is 3.30. The Kier molecular flexibility index (Phi) is 7.49. The van der Waals surface area contributed by atoms with E-state index in [1.54, 1.807) is 24.4 Å². The van der Waals surface area contributed by atoms with Gasteiger partial charge in [-0.3, -0.25) is 4.99 Å². The van der Waals surface area contributed by atoms with Crippen LogP contribution in [-0.4, -0.2) is 36.3 Å². The van der Waals surface area contributed by atoms with Crippen molar-refractivity contribution in [3.05, 3.63) is 76.2 Å². The van der Waals surface area contributed by atoms with E-state index in [1.165, 1.54) is 6.07 Å². The van der Waals surface area contributed by atoms with Crippen LogP contribution in [0.5, 0.6) is 0 Å². The van der Waals surface area contributed by atoms with Gasteiger partial charge in [0.25, 0.3) is 0 Å². The predicted molar refractivity (Wildman–Crippen MR) is 122 cm³/mol. The van der Waals surface area contributed by atoms with Gasteiger partial charge >= 0.3 is 0 Å². The van der Waals surface area contributed by atoms with Crippen molar-refractivity contribution in [1.82, 2.24) is 15.3 Å². The molecule has 156 valence electrons. The molecule has 5 nitrogen and oxygen atoms in total. The van der Waals surface area contributed by atoms with E-state index in [-0.39, 0.29) is 5.82 Å². The molecule has 2 aromatic carbocycles. The molecular formula is C23H25ClFN5. The summed E-state index contributed by atoms with van der Waals surface area (Å²) in [6.07, 6.45) is 2.76. The van der Waals surface area contributed by atoms with E-state index < -0.39 is 0 Å². The second-order valence-corrected chi connectivity index (χ2v) is 7.27. The zero-order valence-electron chi connectivity index (χ0n) is 17.3. The van der Waals surface area contributed by atoms with Gasteiger partial charge in [-0.05, 0) is 44.8 Å². The largest absolute Gasteiger partial charge is 0.354 e. The summed E-state index contributed by atoms with van der Waals surface area (Å²) in [5.41, 5.74) is 4.36. The van der Waals surface area contributed by atoms with Crippen molar-refractivity contribution in [3.8, 4) is 11.3 Å². The van der Waals surface area contributed by atoms with E-state index in [0.29, 0.717) is 28.8 Å². The summed E-state index contributed by atoms with van der Waals surface area (Å²) in [6.45, 7) is 3.25. The first kappa shape index (κ1) is 21.9. The number of anilines is 1. The Labute approximate surface area is 181 Å². The highest BCUT2D eigenvalue weighted by Gasteiger charge is 2.22. The van der Waals surface area contributed by atoms with Crippen molar-refractivity contribution in [1.29, 1.82) is 0 Å². The number of benzene rings is 2. The van der Waals surface area contributed by atoms with Crippen LogP contribution in [0.3, 0.4) is 0 Å². The molecule has 0 saturated heterocycles. The molecule has 0 amide bonds. The van der Waals surface area contributed by atoms with Gasteiger partial charge in [0.1, 0.15) is 5.82 Å². The van der Waals surface area contributed by atoms with Crippen LogP contribution >= 0.6 is 11.6 Å². The Hall–Kier alpha value is -2.83. The molecular weight excluding hydrogens is 401 g/mol. The van der Waals surface area contributed by atoms with Crippen molar-refractivity contribution < 1.29 is 4.39 Å². The highest BCUT2D eigenvalue weighted by atomic mass is 35.5. The molecule has 0 unspecified atom stereocenters. The zero-order chi connectivity index (χ0) is 21.5. The number of rotatable bonds is 4. The lowest BCUT2D eigenvalue weighted by molar-refractivity contribution is 0.625. The van der Waals surface area contributed by atoms with Crippen molar-refractivity contribution in [2.45, 2.75) is 19.9 Å². The maximum absolute atomic E-state index is 14.5. The van der Waals surface area contributed by atoms with Crippen LogP contribution in [0.25, 0.3) is 11.3 Å². The van der Waals surface area contributed by atoms with E-state index in [1.807, 2.05) is 32.3 Å². The second-order valence-electron chi connectivity index (χ2n) is 6.83.